The number of ether oxygens (including phenoxy) is 3. The van der Waals surface area contributed by atoms with Crippen molar-refractivity contribution in [3.05, 3.63) is 66.5 Å². The maximum absolute atomic E-state index is 12.3. The molecule has 242 valence electrons. The second kappa shape index (κ2) is 14.4. The van der Waals surface area contributed by atoms with Gasteiger partial charge in [-0.05, 0) is 82.5 Å². The van der Waals surface area contributed by atoms with Gasteiger partial charge in [-0.25, -0.2) is 4.79 Å². The lowest BCUT2D eigenvalue weighted by Crippen LogP contribution is -2.63. The Morgan fingerprint density at radius 2 is 1.73 bits per heavy atom. The van der Waals surface area contributed by atoms with Crippen LogP contribution < -0.4 is 5.32 Å². The highest BCUT2D eigenvalue weighted by atomic mass is 79.9. The molecule has 0 aromatic heterocycles. The van der Waals surface area contributed by atoms with Crippen LogP contribution in [0.3, 0.4) is 0 Å². The molecule has 0 radical (unpaired) electrons. The van der Waals surface area contributed by atoms with Gasteiger partial charge in [0.05, 0.1) is 41.9 Å². The van der Waals surface area contributed by atoms with E-state index < -0.39 is 11.4 Å². The summed E-state index contributed by atoms with van der Waals surface area (Å²) in [7, 11) is 0. The number of nitrogens with zero attached hydrogens (tertiary/aromatic N) is 3. The number of carbonyl (C=O) groups excluding carboxylic acids is 1. The van der Waals surface area contributed by atoms with Crippen molar-refractivity contribution >= 4 is 61.2 Å². The van der Waals surface area contributed by atoms with Crippen molar-refractivity contribution in [3.8, 4) is 0 Å². The van der Waals surface area contributed by atoms with Gasteiger partial charge in [-0.3, -0.25) is 9.80 Å². The molecule has 0 aliphatic carbocycles. The number of carbonyl (C=O) groups is 1. The number of hydrogen-bond acceptors (Lipinski definition) is 8. The van der Waals surface area contributed by atoms with Crippen molar-refractivity contribution in [2.45, 2.75) is 50.3 Å². The Labute approximate surface area is 286 Å². The van der Waals surface area contributed by atoms with Crippen LogP contribution in [0.15, 0.2) is 45.3 Å². The van der Waals surface area contributed by atoms with Crippen molar-refractivity contribution in [3.63, 3.8) is 0 Å². The average Bonchev–Trinajstić information content (AvgIpc) is 2.99. The molecule has 0 bridgehead atoms. The molecule has 0 unspecified atom stereocenters. The normalized spacial score (nSPS) is 27.9. The number of rotatable bonds is 2. The maximum atomic E-state index is 12.3. The van der Waals surface area contributed by atoms with Crippen LogP contribution in [0.5, 0.6) is 0 Å². The number of nitrogens with one attached hydrogen (secondary N) is 1. The van der Waals surface area contributed by atoms with Crippen LogP contribution in [0.25, 0.3) is 0 Å². The van der Waals surface area contributed by atoms with E-state index in [1.54, 1.807) is 23.1 Å². The summed E-state index contributed by atoms with van der Waals surface area (Å²) in [6.45, 7) is 12.9. The Hall–Kier alpha value is -0.990. The molecule has 44 heavy (non-hydrogen) atoms. The molecule has 0 saturated carbocycles. The van der Waals surface area contributed by atoms with E-state index in [-0.39, 0.29) is 18.2 Å². The van der Waals surface area contributed by atoms with Crippen molar-refractivity contribution in [1.29, 1.82) is 0 Å². The first kappa shape index (κ1) is 34.3. The van der Waals surface area contributed by atoms with E-state index in [0.29, 0.717) is 49.4 Å². The van der Waals surface area contributed by atoms with Crippen LogP contribution in [0.2, 0.25) is 10.0 Å². The third-order valence-electron chi connectivity index (χ3n) is 8.24. The highest BCUT2D eigenvalue weighted by Crippen LogP contribution is 2.35. The molecule has 4 fully saturated rings. The molecule has 2 aromatic rings. The van der Waals surface area contributed by atoms with Gasteiger partial charge in [0, 0.05) is 66.4 Å². The fraction of sp³-hybridized carbons (Fsp3) is 0.581. The van der Waals surface area contributed by atoms with Crippen LogP contribution in [0, 0.1) is 0 Å². The first-order valence-electron chi connectivity index (χ1n) is 14.9. The van der Waals surface area contributed by atoms with Gasteiger partial charge in [-0.1, -0.05) is 35.3 Å². The van der Waals surface area contributed by atoms with Gasteiger partial charge in [0.25, 0.3) is 0 Å². The molecule has 13 heteroatoms. The molecular formula is C31H40Br2Cl2N4O5. The van der Waals surface area contributed by atoms with Crippen LogP contribution >= 0.6 is 55.1 Å². The molecular weight excluding hydrogens is 739 g/mol. The fourth-order valence-electron chi connectivity index (χ4n) is 5.84. The van der Waals surface area contributed by atoms with E-state index in [1.165, 1.54) is 5.56 Å². The van der Waals surface area contributed by atoms with Crippen molar-refractivity contribution < 1.29 is 24.1 Å². The molecule has 0 spiro atoms. The summed E-state index contributed by atoms with van der Waals surface area (Å²) in [5.41, 5.74) is 1.28. The quantitative estimate of drug-likeness (QED) is 0.405. The molecule has 9 nitrogen and oxygen atoms in total. The summed E-state index contributed by atoms with van der Waals surface area (Å²) in [6, 6.07) is 11.9. The average molecular weight is 779 g/mol. The van der Waals surface area contributed by atoms with Crippen LogP contribution in [-0.4, -0.2) is 109 Å². The topological polar surface area (TPSA) is 86.7 Å². The number of halogens is 4. The second-order valence-corrected chi connectivity index (χ2v) is 15.1. The Balaban J connectivity index is 0.000000186. The lowest BCUT2D eigenvalue weighted by atomic mass is 10.0. The Morgan fingerprint density at radius 3 is 2.43 bits per heavy atom. The number of fused-ring (bicyclic) bond motifs is 2. The van der Waals surface area contributed by atoms with E-state index >= 15 is 0 Å². The Bertz CT molecular complexity index is 1330. The maximum Gasteiger partial charge on any atom is 0.410 e. The first-order chi connectivity index (χ1) is 20.8. The second-order valence-electron chi connectivity index (χ2n) is 12.6. The number of hydrogen-bond donors (Lipinski definition) is 2. The van der Waals surface area contributed by atoms with E-state index in [0.717, 1.165) is 46.8 Å². The number of morpholine rings is 2. The first-order valence-corrected chi connectivity index (χ1v) is 17.2. The highest BCUT2D eigenvalue weighted by molar-refractivity contribution is 9.10. The SMILES string of the molecule is CC(C)(C)OC(=O)N1CCN2C[C@@](O)(c3ccc(Br)c(Cl)c3)OC[C@@H]2C1.Clc1cc([C@@H]2CN3CCNC[C@H]3CO2)ccc1Br. The Kier molecular flexibility index (Phi) is 11.3. The van der Waals surface area contributed by atoms with Gasteiger partial charge in [0.15, 0.2) is 0 Å². The molecule has 4 aliphatic rings. The number of aliphatic hydroxyl groups is 1. The van der Waals surface area contributed by atoms with Gasteiger partial charge < -0.3 is 29.5 Å². The van der Waals surface area contributed by atoms with E-state index in [2.05, 4.69) is 53.0 Å². The summed E-state index contributed by atoms with van der Waals surface area (Å²) >= 11 is 19.1. The van der Waals surface area contributed by atoms with Crippen molar-refractivity contribution in [2.24, 2.45) is 0 Å². The predicted octanol–water partition coefficient (Wildman–Crippen LogP) is 5.65. The minimum atomic E-state index is -1.41. The van der Waals surface area contributed by atoms with Gasteiger partial charge in [-0.15, -0.1) is 0 Å². The lowest BCUT2D eigenvalue weighted by molar-refractivity contribution is -0.266. The van der Waals surface area contributed by atoms with Gasteiger partial charge in [-0.2, -0.15) is 0 Å². The number of piperazine rings is 2. The summed E-state index contributed by atoms with van der Waals surface area (Å²) in [5.74, 6) is -1.41. The third kappa shape index (κ3) is 8.48. The lowest BCUT2D eigenvalue weighted by Gasteiger charge is -2.48. The zero-order valence-corrected chi connectivity index (χ0v) is 29.9. The van der Waals surface area contributed by atoms with Crippen LogP contribution in [0.1, 0.15) is 38.0 Å². The molecule has 2 N–H and O–H groups in total. The zero-order chi connectivity index (χ0) is 31.6. The Morgan fingerprint density at radius 1 is 1.00 bits per heavy atom. The molecule has 6 rings (SSSR count). The monoisotopic (exact) mass is 776 g/mol. The van der Waals surface area contributed by atoms with Gasteiger partial charge >= 0.3 is 6.09 Å². The molecule has 4 heterocycles. The van der Waals surface area contributed by atoms with Crippen molar-refractivity contribution in [2.75, 3.05) is 65.6 Å². The van der Waals surface area contributed by atoms with Crippen LogP contribution in [-0.2, 0) is 20.0 Å². The zero-order valence-electron chi connectivity index (χ0n) is 25.2. The highest BCUT2D eigenvalue weighted by Gasteiger charge is 2.44. The van der Waals surface area contributed by atoms with E-state index in [4.69, 9.17) is 37.4 Å². The molecule has 4 atom stereocenters. The minimum Gasteiger partial charge on any atom is -0.444 e. The number of benzene rings is 2. The summed E-state index contributed by atoms with van der Waals surface area (Å²) in [5, 5.41) is 15.7. The fourth-order valence-corrected chi connectivity index (χ4v) is 6.70. The largest absolute Gasteiger partial charge is 0.444 e. The molecule has 4 aliphatic heterocycles. The standard InChI is InChI=1S/C18H24BrClN2O4.C13H16BrClN2O/c1-17(2,3)26-16(23)21-6-7-22-11-18(24,25-10-13(22)9-21)12-4-5-14(19)15(20)8-12;14-11-2-1-9(5-12(11)15)13-7-17-4-3-16-6-10(17)8-18-13/h4-5,8,13,24H,6-7,9-11H2,1-3H3;1-2,5,10,13,16H,3-4,6-8H2/t13-,18-;10-,13-/m00/s1. The van der Waals surface area contributed by atoms with Gasteiger partial charge in [0.2, 0.25) is 5.79 Å². The van der Waals surface area contributed by atoms with E-state index in [9.17, 15) is 9.90 Å². The molecule has 2 aromatic carbocycles. The summed E-state index contributed by atoms with van der Waals surface area (Å²) in [6.07, 6.45) is -0.164. The number of amides is 1. The van der Waals surface area contributed by atoms with Crippen molar-refractivity contribution in [1.82, 2.24) is 20.0 Å². The minimum absolute atomic E-state index is 0.0301. The van der Waals surface area contributed by atoms with Crippen LogP contribution in [0.4, 0.5) is 4.79 Å². The summed E-state index contributed by atoms with van der Waals surface area (Å²) < 4.78 is 18.9. The molecule has 1 amide bonds. The third-order valence-corrected chi connectivity index (χ3v) is 10.7. The molecule has 4 saturated heterocycles. The summed E-state index contributed by atoms with van der Waals surface area (Å²) in [4.78, 5) is 18.7. The predicted molar refractivity (Wildman–Crippen MR) is 178 cm³/mol. The van der Waals surface area contributed by atoms with E-state index in [1.807, 2.05) is 32.9 Å². The van der Waals surface area contributed by atoms with Gasteiger partial charge in [0.1, 0.15) is 5.60 Å². The smallest absolute Gasteiger partial charge is 0.410 e.